The molecule has 12 nitrogen and oxygen atoms in total. The molecule has 0 radical (unpaired) electrons. The number of imidazole rings is 1. The van der Waals surface area contributed by atoms with Gasteiger partial charge in [0.2, 0.25) is 11.7 Å². The third kappa shape index (κ3) is 3.93. The van der Waals surface area contributed by atoms with E-state index in [-0.39, 0.29) is 24.0 Å². The summed E-state index contributed by atoms with van der Waals surface area (Å²) >= 11 is 2.06. The Balaban J connectivity index is 1.62. The molecule has 0 aromatic carbocycles. The Morgan fingerprint density at radius 2 is 2.12 bits per heavy atom. The number of aromatic amines is 1. The van der Waals surface area contributed by atoms with E-state index in [9.17, 15) is 25.2 Å². The Hall–Kier alpha value is -1.49. The van der Waals surface area contributed by atoms with Crippen molar-refractivity contribution in [3.63, 3.8) is 0 Å². The molecule has 0 spiro atoms. The van der Waals surface area contributed by atoms with E-state index in [1.165, 1.54) is 6.20 Å². The van der Waals surface area contributed by atoms with Gasteiger partial charge in [-0.2, -0.15) is 0 Å². The van der Waals surface area contributed by atoms with Gasteiger partial charge in [-0.15, -0.1) is 5.53 Å². The fraction of sp³-hybridized carbons (Fsp3) is 0.538. The predicted octanol–water partition coefficient (Wildman–Crippen LogP) is -2.64. The Kier molecular flexibility index (Phi) is 5.96. The summed E-state index contributed by atoms with van der Waals surface area (Å²) in [5.74, 6) is -0.103. The molecule has 2 aliphatic heterocycles. The molecule has 0 amide bonds. The van der Waals surface area contributed by atoms with Crippen molar-refractivity contribution in [2.24, 2.45) is 0 Å². The highest BCUT2D eigenvalue weighted by atomic mass is 127. The van der Waals surface area contributed by atoms with Crippen molar-refractivity contribution in [1.29, 1.82) is 0 Å². The Labute approximate surface area is 161 Å². The molecule has 1 aromatic rings. The molecule has 5 atom stereocenters. The Bertz CT molecular complexity index is 684. The van der Waals surface area contributed by atoms with Gasteiger partial charge in [-0.25, -0.2) is 4.98 Å². The van der Waals surface area contributed by atoms with Crippen molar-refractivity contribution in [3.8, 4) is 0 Å². The van der Waals surface area contributed by atoms with Crippen LogP contribution in [0, 0.1) is 0 Å². The van der Waals surface area contributed by atoms with Gasteiger partial charge in [0.1, 0.15) is 40.4 Å². The molecule has 8 N–H and O–H groups in total. The molecule has 13 heteroatoms. The smallest absolute Gasteiger partial charge is 0.202 e. The first-order valence-electron chi connectivity index (χ1n) is 7.70. The van der Waals surface area contributed by atoms with Crippen molar-refractivity contribution in [2.75, 3.05) is 18.5 Å². The van der Waals surface area contributed by atoms with Gasteiger partial charge in [-0.05, 0) is 22.6 Å². The minimum absolute atomic E-state index is 0.0590. The number of anilines is 1. The van der Waals surface area contributed by atoms with E-state index in [1.807, 2.05) is 0 Å². The molecular formula is C13H19IN6O6. The van der Waals surface area contributed by atoms with Crippen LogP contribution >= 0.6 is 22.6 Å². The van der Waals surface area contributed by atoms with Crippen molar-refractivity contribution in [3.05, 3.63) is 21.8 Å². The molecule has 1 saturated heterocycles. The highest BCUT2D eigenvalue weighted by Gasteiger charge is 2.43. The SMILES string of the molecule is O=C(CN1NNC=C1I)c1cnc(NC2OC(CO)C(O)C(O)C2O)[nH]1. The molecule has 0 bridgehead atoms. The lowest BCUT2D eigenvalue weighted by molar-refractivity contribution is -0.221. The Morgan fingerprint density at radius 1 is 1.35 bits per heavy atom. The first-order chi connectivity index (χ1) is 12.4. The van der Waals surface area contributed by atoms with Crippen LogP contribution in [0.3, 0.4) is 0 Å². The molecular weight excluding hydrogens is 463 g/mol. The van der Waals surface area contributed by atoms with Crippen molar-refractivity contribution in [2.45, 2.75) is 30.6 Å². The monoisotopic (exact) mass is 482 g/mol. The van der Waals surface area contributed by atoms with Crippen LogP contribution in [0.1, 0.15) is 10.5 Å². The molecule has 26 heavy (non-hydrogen) atoms. The van der Waals surface area contributed by atoms with Gasteiger partial charge >= 0.3 is 0 Å². The fourth-order valence-corrected chi connectivity index (χ4v) is 2.98. The van der Waals surface area contributed by atoms with E-state index in [4.69, 9.17) is 4.74 Å². The normalized spacial score (nSPS) is 31.5. The molecule has 2 aliphatic rings. The number of hydrogen-bond donors (Lipinski definition) is 8. The van der Waals surface area contributed by atoms with Crippen molar-refractivity contribution < 1.29 is 30.0 Å². The van der Waals surface area contributed by atoms with Crippen molar-refractivity contribution in [1.82, 2.24) is 25.9 Å². The van der Waals surface area contributed by atoms with Gasteiger partial charge in [0.25, 0.3) is 0 Å². The zero-order valence-corrected chi connectivity index (χ0v) is 15.5. The van der Waals surface area contributed by atoms with Gasteiger partial charge in [-0.1, -0.05) is 0 Å². The number of carbonyl (C=O) groups excluding carboxylic acids is 1. The molecule has 0 saturated carbocycles. The summed E-state index contributed by atoms with van der Waals surface area (Å²) in [5.41, 5.74) is 5.79. The van der Waals surface area contributed by atoms with Gasteiger partial charge in [-0.3, -0.25) is 9.80 Å². The number of rotatable bonds is 6. The van der Waals surface area contributed by atoms with E-state index in [0.29, 0.717) is 0 Å². The molecule has 0 aliphatic carbocycles. The predicted molar refractivity (Wildman–Crippen MR) is 95.4 cm³/mol. The quantitative estimate of drug-likeness (QED) is 0.121. The van der Waals surface area contributed by atoms with E-state index in [1.54, 1.807) is 11.2 Å². The van der Waals surface area contributed by atoms with E-state index in [0.717, 1.165) is 3.70 Å². The van der Waals surface area contributed by atoms with Crippen LogP contribution in [-0.4, -0.2) is 85.0 Å². The average Bonchev–Trinajstić information content (AvgIpc) is 3.25. The van der Waals surface area contributed by atoms with Crippen LogP contribution in [0.25, 0.3) is 0 Å². The van der Waals surface area contributed by atoms with Crippen LogP contribution in [0.5, 0.6) is 0 Å². The number of aliphatic hydroxyl groups excluding tert-OH is 4. The average molecular weight is 482 g/mol. The second-order valence-electron chi connectivity index (χ2n) is 5.77. The summed E-state index contributed by atoms with van der Waals surface area (Å²) in [6.45, 7) is -0.475. The number of ketones is 1. The highest BCUT2D eigenvalue weighted by molar-refractivity contribution is 14.1. The summed E-state index contributed by atoms with van der Waals surface area (Å²) in [5, 5.41) is 43.0. The minimum Gasteiger partial charge on any atom is -0.394 e. The highest BCUT2D eigenvalue weighted by Crippen LogP contribution is 2.22. The fourth-order valence-electron chi connectivity index (χ4n) is 2.54. The zero-order chi connectivity index (χ0) is 18.8. The summed E-state index contributed by atoms with van der Waals surface area (Å²) in [7, 11) is 0. The largest absolute Gasteiger partial charge is 0.394 e. The minimum atomic E-state index is -1.50. The summed E-state index contributed by atoms with van der Waals surface area (Å²) in [4.78, 5) is 19.0. The number of halogens is 1. The maximum absolute atomic E-state index is 12.3. The maximum Gasteiger partial charge on any atom is 0.202 e. The van der Waals surface area contributed by atoms with Crippen LogP contribution in [0.4, 0.5) is 5.95 Å². The number of H-pyrrole nitrogens is 1. The first kappa shape index (κ1) is 19.3. The number of nitrogens with one attached hydrogen (secondary N) is 4. The van der Waals surface area contributed by atoms with Crippen molar-refractivity contribution >= 4 is 34.3 Å². The molecule has 3 rings (SSSR count). The second kappa shape index (κ2) is 8.03. The van der Waals surface area contributed by atoms with Crippen LogP contribution < -0.4 is 16.3 Å². The van der Waals surface area contributed by atoms with Gasteiger partial charge in [0, 0.05) is 6.20 Å². The lowest BCUT2D eigenvalue weighted by Crippen LogP contribution is -2.60. The second-order valence-corrected chi connectivity index (χ2v) is 6.88. The molecule has 3 heterocycles. The number of ether oxygens (including phenoxy) is 1. The maximum atomic E-state index is 12.3. The van der Waals surface area contributed by atoms with E-state index < -0.39 is 37.3 Å². The van der Waals surface area contributed by atoms with E-state index in [2.05, 4.69) is 48.8 Å². The standard InChI is InChI=1S/C13H19IN6O6/c14-8-2-16-19-20(8)3-6(22)5-1-15-13(17-5)18-12-11(25)10(24)9(23)7(4-21)26-12/h1-2,7,9-12,16,19,21,23-25H,3-4H2,(H2,15,17,18). The number of hydrogen-bond acceptors (Lipinski definition) is 11. The summed E-state index contributed by atoms with van der Waals surface area (Å²) in [6.07, 6.45) is -3.54. The first-order valence-corrected chi connectivity index (χ1v) is 8.78. The number of Topliss-reactive ketones (excluding diaryl/α,β-unsaturated/α-hetero) is 1. The van der Waals surface area contributed by atoms with Gasteiger partial charge < -0.3 is 40.9 Å². The summed E-state index contributed by atoms with van der Waals surface area (Å²) in [6, 6.07) is 0. The Morgan fingerprint density at radius 3 is 2.77 bits per heavy atom. The number of carbonyl (C=O) groups is 1. The van der Waals surface area contributed by atoms with Crippen LogP contribution in [-0.2, 0) is 4.74 Å². The number of aliphatic hydroxyl groups is 4. The molecule has 1 aromatic heterocycles. The van der Waals surface area contributed by atoms with Gasteiger partial charge in [0.15, 0.2) is 6.23 Å². The number of nitrogens with zero attached hydrogens (tertiary/aromatic N) is 2. The number of aromatic nitrogens is 2. The lowest BCUT2D eigenvalue weighted by Gasteiger charge is -2.40. The molecule has 144 valence electrons. The third-order valence-corrected chi connectivity index (χ3v) is 4.89. The zero-order valence-electron chi connectivity index (χ0n) is 13.3. The van der Waals surface area contributed by atoms with E-state index >= 15 is 0 Å². The lowest BCUT2D eigenvalue weighted by atomic mass is 9.98. The molecule has 1 fully saturated rings. The third-order valence-electron chi connectivity index (χ3n) is 4.00. The number of hydrazine groups is 2. The van der Waals surface area contributed by atoms with Crippen LogP contribution in [0.15, 0.2) is 16.1 Å². The molecule has 5 unspecified atom stereocenters. The summed E-state index contributed by atoms with van der Waals surface area (Å²) < 4.78 is 6.14. The van der Waals surface area contributed by atoms with Gasteiger partial charge in [0.05, 0.1) is 12.8 Å². The van der Waals surface area contributed by atoms with Crippen LogP contribution in [0.2, 0.25) is 0 Å². The topological polar surface area (TPSA) is 175 Å².